The van der Waals surface area contributed by atoms with Crippen molar-refractivity contribution >= 4 is 5.97 Å². The van der Waals surface area contributed by atoms with Crippen LogP contribution in [0.5, 0.6) is 0 Å². The van der Waals surface area contributed by atoms with Crippen molar-refractivity contribution in [2.45, 2.75) is 26.3 Å². The third-order valence-electron chi connectivity index (χ3n) is 2.85. The number of carbonyl (C=O) groups excluding carboxylic acids is 1. The van der Waals surface area contributed by atoms with Crippen molar-refractivity contribution in [1.29, 1.82) is 0 Å². The second-order valence-corrected chi connectivity index (χ2v) is 4.71. The molecule has 0 saturated carbocycles. The first-order valence-electron chi connectivity index (χ1n) is 6.12. The maximum Gasteiger partial charge on any atom is 0.332 e. The molecule has 1 heterocycles. The van der Waals surface area contributed by atoms with Crippen molar-refractivity contribution < 1.29 is 19.0 Å². The highest BCUT2D eigenvalue weighted by atomic mass is 16.6. The summed E-state index contributed by atoms with van der Waals surface area (Å²) >= 11 is 0. The molecule has 0 aliphatic carbocycles. The molecule has 100 valence electrons. The van der Waals surface area contributed by atoms with Gasteiger partial charge in [0, 0.05) is 18.6 Å². The molecule has 1 aliphatic rings. The molecule has 0 N–H and O–H groups in total. The van der Waals surface area contributed by atoms with Crippen LogP contribution in [0, 0.1) is 0 Å². The van der Waals surface area contributed by atoms with Gasteiger partial charge in [0.25, 0.3) is 0 Å². The number of esters is 1. The minimum Gasteiger partial charge on any atom is -0.464 e. The van der Waals surface area contributed by atoms with Crippen LogP contribution in [0.1, 0.15) is 20.8 Å². The SMILES string of the molecule is CCOC(=O)COCCN1CCOCC1(C)C. The smallest absolute Gasteiger partial charge is 0.332 e. The van der Waals surface area contributed by atoms with Gasteiger partial charge in [0.05, 0.1) is 26.4 Å². The van der Waals surface area contributed by atoms with Crippen LogP contribution in [0.3, 0.4) is 0 Å². The van der Waals surface area contributed by atoms with Crippen molar-refractivity contribution in [3.05, 3.63) is 0 Å². The van der Waals surface area contributed by atoms with Crippen LogP contribution in [0.25, 0.3) is 0 Å². The van der Waals surface area contributed by atoms with Crippen LogP contribution in [-0.4, -0.2) is 62.5 Å². The number of morpholine rings is 1. The molecule has 1 aliphatic heterocycles. The molecule has 0 radical (unpaired) electrons. The first kappa shape index (κ1) is 14.4. The maximum atomic E-state index is 11.0. The highest BCUT2D eigenvalue weighted by molar-refractivity contribution is 5.70. The summed E-state index contributed by atoms with van der Waals surface area (Å²) in [5, 5.41) is 0. The van der Waals surface area contributed by atoms with Crippen molar-refractivity contribution in [3.63, 3.8) is 0 Å². The molecule has 1 fully saturated rings. The predicted octanol–water partition coefficient (Wildman–Crippen LogP) is 0.677. The van der Waals surface area contributed by atoms with Crippen molar-refractivity contribution in [3.8, 4) is 0 Å². The quantitative estimate of drug-likeness (QED) is 0.508. The molecule has 0 aromatic heterocycles. The van der Waals surface area contributed by atoms with E-state index in [1.54, 1.807) is 6.92 Å². The highest BCUT2D eigenvalue weighted by Crippen LogP contribution is 2.17. The standard InChI is InChI=1S/C12H23NO4/c1-4-17-11(14)9-15-7-5-13-6-8-16-10-12(13,2)3/h4-10H2,1-3H3. The van der Waals surface area contributed by atoms with Gasteiger partial charge in [-0.3, -0.25) is 4.90 Å². The monoisotopic (exact) mass is 245 g/mol. The second-order valence-electron chi connectivity index (χ2n) is 4.71. The first-order chi connectivity index (χ1) is 8.06. The van der Waals surface area contributed by atoms with Crippen LogP contribution >= 0.6 is 0 Å². The summed E-state index contributed by atoms with van der Waals surface area (Å²) in [4.78, 5) is 13.4. The van der Waals surface area contributed by atoms with E-state index >= 15 is 0 Å². The molecular weight excluding hydrogens is 222 g/mol. The largest absolute Gasteiger partial charge is 0.464 e. The van der Waals surface area contributed by atoms with E-state index in [0.29, 0.717) is 13.2 Å². The van der Waals surface area contributed by atoms with Gasteiger partial charge in [-0.2, -0.15) is 0 Å². The van der Waals surface area contributed by atoms with E-state index in [0.717, 1.165) is 26.3 Å². The molecule has 5 heteroatoms. The summed E-state index contributed by atoms with van der Waals surface area (Å²) in [5.41, 5.74) is 0.0472. The fourth-order valence-corrected chi connectivity index (χ4v) is 1.84. The fraction of sp³-hybridized carbons (Fsp3) is 0.917. The van der Waals surface area contributed by atoms with E-state index in [2.05, 4.69) is 18.7 Å². The molecule has 0 amide bonds. The summed E-state index contributed by atoms with van der Waals surface area (Å²) in [6.45, 7) is 10.3. The zero-order chi connectivity index (χ0) is 12.7. The van der Waals surface area contributed by atoms with Gasteiger partial charge in [-0.05, 0) is 20.8 Å². The lowest BCUT2D eigenvalue weighted by Crippen LogP contribution is -2.53. The fourth-order valence-electron chi connectivity index (χ4n) is 1.84. The molecule has 1 saturated heterocycles. The lowest BCUT2D eigenvalue weighted by atomic mass is 10.0. The normalized spacial score (nSPS) is 20.2. The Balaban J connectivity index is 2.15. The summed E-state index contributed by atoms with van der Waals surface area (Å²) in [6.07, 6.45) is 0. The van der Waals surface area contributed by atoms with E-state index in [4.69, 9.17) is 14.2 Å². The first-order valence-corrected chi connectivity index (χ1v) is 6.12. The Morgan fingerprint density at radius 1 is 1.47 bits per heavy atom. The van der Waals surface area contributed by atoms with Crippen molar-refractivity contribution in [2.75, 3.05) is 46.1 Å². The van der Waals surface area contributed by atoms with Crippen LogP contribution < -0.4 is 0 Å². The Labute approximate surface area is 103 Å². The Kier molecular flexibility index (Phi) is 5.88. The topological polar surface area (TPSA) is 48.0 Å². The second kappa shape index (κ2) is 6.93. The highest BCUT2D eigenvalue weighted by Gasteiger charge is 2.29. The average molecular weight is 245 g/mol. The molecule has 0 aromatic carbocycles. The molecule has 0 bridgehead atoms. The van der Waals surface area contributed by atoms with Crippen LogP contribution in [0.2, 0.25) is 0 Å². The minimum atomic E-state index is -0.297. The maximum absolute atomic E-state index is 11.0. The Morgan fingerprint density at radius 2 is 2.24 bits per heavy atom. The Morgan fingerprint density at radius 3 is 2.88 bits per heavy atom. The molecule has 0 spiro atoms. The summed E-state index contributed by atoms with van der Waals surface area (Å²) in [6, 6.07) is 0. The molecule has 0 unspecified atom stereocenters. The number of hydrogen-bond donors (Lipinski definition) is 0. The lowest BCUT2D eigenvalue weighted by Gasteiger charge is -2.42. The summed E-state index contributed by atoms with van der Waals surface area (Å²) in [5.74, 6) is -0.297. The molecule has 17 heavy (non-hydrogen) atoms. The van der Waals surface area contributed by atoms with E-state index < -0.39 is 0 Å². The Bertz CT molecular complexity index is 243. The van der Waals surface area contributed by atoms with Crippen molar-refractivity contribution in [2.24, 2.45) is 0 Å². The van der Waals surface area contributed by atoms with E-state index in [-0.39, 0.29) is 18.1 Å². The predicted molar refractivity (Wildman–Crippen MR) is 63.9 cm³/mol. The molecule has 5 nitrogen and oxygen atoms in total. The summed E-state index contributed by atoms with van der Waals surface area (Å²) in [7, 11) is 0. The van der Waals surface area contributed by atoms with Gasteiger partial charge in [-0.1, -0.05) is 0 Å². The van der Waals surface area contributed by atoms with Gasteiger partial charge in [0.15, 0.2) is 0 Å². The van der Waals surface area contributed by atoms with Crippen LogP contribution in [0.15, 0.2) is 0 Å². The minimum absolute atomic E-state index is 0.0403. The molecule has 1 rings (SSSR count). The molecule has 0 atom stereocenters. The molecular formula is C12H23NO4. The third kappa shape index (κ3) is 5.02. The van der Waals surface area contributed by atoms with Crippen molar-refractivity contribution in [1.82, 2.24) is 4.90 Å². The average Bonchev–Trinajstić information content (AvgIpc) is 2.26. The zero-order valence-corrected chi connectivity index (χ0v) is 11.0. The van der Waals surface area contributed by atoms with E-state index in [9.17, 15) is 4.79 Å². The van der Waals surface area contributed by atoms with Gasteiger partial charge < -0.3 is 14.2 Å². The van der Waals surface area contributed by atoms with Gasteiger partial charge in [0.1, 0.15) is 6.61 Å². The van der Waals surface area contributed by atoms with E-state index in [1.807, 2.05) is 0 Å². The van der Waals surface area contributed by atoms with Gasteiger partial charge in [0.2, 0.25) is 0 Å². The number of carbonyl (C=O) groups is 1. The lowest BCUT2D eigenvalue weighted by molar-refractivity contribution is -0.149. The van der Waals surface area contributed by atoms with E-state index in [1.165, 1.54) is 0 Å². The number of rotatable bonds is 6. The van der Waals surface area contributed by atoms with Gasteiger partial charge >= 0.3 is 5.97 Å². The van der Waals surface area contributed by atoms with Crippen LogP contribution in [-0.2, 0) is 19.0 Å². The third-order valence-corrected chi connectivity index (χ3v) is 2.85. The zero-order valence-electron chi connectivity index (χ0n) is 11.0. The number of nitrogens with zero attached hydrogens (tertiary/aromatic N) is 1. The number of hydrogen-bond acceptors (Lipinski definition) is 5. The summed E-state index contributed by atoms with van der Waals surface area (Å²) < 4.78 is 15.5. The van der Waals surface area contributed by atoms with Crippen LogP contribution in [0.4, 0.5) is 0 Å². The van der Waals surface area contributed by atoms with Gasteiger partial charge in [-0.15, -0.1) is 0 Å². The Hall–Kier alpha value is -0.650. The van der Waals surface area contributed by atoms with Gasteiger partial charge in [-0.25, -0.2) is 4.79 Å². The number of ether oxygens (including phenoxy) is 3. The molecule has 0 aromatic rings.